The summed E-state index contributed by atoms with van der Waals surface area (Å²) < 4.78 is 10.0. The fourth-order valence-electron chi connectivity index (χ4n) is 1.43. The first kappa shape index (κ1) is 12.3. The van der Waals surface area contributed by atoms with Gasteiger partial charge in [0.15, 0.2) is 0 Å². The first-order chi connectivity index (χ1) is 7.60. The van der Waals surface area contributed by atoms with Gasteiger partial charge in [-0.05, 0) is 26.0 Å². The van der Waals surface area contributed by atoms with Gasteiger partial charge in [-0.25, -0.2) is 4.79 Å². The third-order valence-electron chi connectivity index (χ3n) is 2.20. The number of hydrogen-bond donors (Lipinski definition) is 0. The molecule has 0 bridgehead atoms. The highest BCUT2D eigenvalue weighted by molar-refractivity contribution is 5.94. The van der Waals surface area contributed by atoms with Crippen molar-refractivity contribution in [3.63, 3.8) is 0 Å². The van der Waals surface area contributed by atoms with Crippen LogP contribution in [0.5, 0.6) is 0 Å². The predicted molar refractivity (Wildman–Crippen MR) is 63.2 cm³/mol. The van der Waals surface area contributed by atoms with Gasteiger partial charge in [-0.3, -0.25) is 0 Å². The zero-order chi connectivity index (χ0) is 12.1. The summed E-state index contributed by atoms with van der Waals surface area (Å²) in [6, 6.07) is 5.44. The average Bonchev–Trinajstić information content (AvgIpc) is 2.28. The van der Waals surface area contributed by atoms with E-state index < -0.39 is 0 Å². The SMILES string of the molecule is C=C(OCC)c1cc(C)ccc1C(=O)OC. The van der Waals surface area contributed by atoms with E-state index in [4.69, 9.17) is 9.47 Å². The molecule has 1 rings (SSSR count). The van der Waals surface area contributed by atoms with Gasteiger partial charge in [-0.15, -0.1) is 0 Å². The second-order valence-corrected chi connectivity index (χ2v) is 3.40. The van der Waals surface area contributed by atoms with Gasteiger partial charge in [0.1, 0.15) is 5.76 Å². The average molecular weight is 220 g/mol. The highest BCUT2D eigenvalue weighted by atomic mass is 16.5. The van der Waals surface area contributed by atoms with Gasteiger partial charge in [0, 0.05) is 5.56 Å². The minimum atomic E-state index is -0.379. The summed E-state index contributed by atoms with van der Waals surface area (Å²) in [5.74, 6) is 0.113. The van der Waals surface area contributed by atoms with E-state index in [0.717, 1.165) is 5.56 Å². The molecule has 0 unspecified atom stereocenters. The van der Waals surface area contributed by atoms with Crippen LogP contribution in [0.3, 0.4) is 0 Å². The van der Waals surface area contributed by atoms with Crippen LogP contribution in [0.1, 0.15) is 28.4 Å². The molecule has 0 aliphatic heterocycles. The molecule has 0 amide bonds. The van der Waals surface area contributed by atoms with Gasteiger partial charge in [0.2, 0.25) is 0 Å². The number of rotatable bonds is 4. The number of benzene rings is 1. The molecule has 0 atom stereocenters. The number of esters is 1. The number of carbonyl (C=O) groups excluding carboxylic acids is 1. The smallest absolute Gasteiger partial charge is 0.338 e. The Balaban J connectivity index is 3.17. The maximum absolute atomic E-state index is 11.5. The van der Waals surface area contributed by atoms with Crippen molar-refractivity contribution < 1.29 is 14.3 Å². The van der Waals surface area contributed by atoms with Gasteiger partial charge in [0.05, 0.1) is 19.3 Å². The normalized spacial score (nSPS) is 9.69. The molecule has 0 aromatic heterocycles. The lowest BCUT2D eigenvalue weighted by Crippen LogP contribution is -2.06. The number of hydrogen-bond acceptors (Lipinski definition) is 3. The molecule has 0 heterocycles. The lowest BCUT2D eigenvalue weighted by atomic mass is 10.0. The highest BCUT2D eigenvalue weighted by Crippen LogP contribution is 2.21. The lowest BCUT2D eigenvalue weighted by Gasteiger charge is -2.11. The summed E-state index contributed by atoms with van der Waals surface area (Å²) in [5, 5.41) is 0. The monoisotopic (exact) mass is 220 g/mol. The molecule has 0 aliphatic carbocycles. The maximum Gasteiger partial charge on any atom is 0.338 e. The number of ether oxygens (including phenoxy) is 2. The fraction of sp³-hybridized carbons (Fsp3) is 0.308. The lowest BCUT2D eigenvalue weighted by molar-refractivity contribution is 0.0599. The molecule has 86 valence electrons. The topological polar surface area (TPSA) is 35.5 Å². The van der Waals surface area contributed by atoms with Crippen LogP contribution < -0.4 is 0 Å². The van der Waals surface area contributed by atoms with Crippen LogP contribution in [0.15, 0.2) is 24.8 Å². The highest BCUT2D eigenvalue weighted by Gasteiger charge is 2.14. The van der Waals surface area contributed by atoms with E-state index in [1.165, 1.54) is 7.11 Å². The third-order valence-corrected chi connectivity index (χ3v) is 2.20. The molecule has 3 nitrogen and oxygen atoms in total. The van der Waals surface area contributed by atoms with Gasteiger partial charge >= 0.3 is 5.97 Å². The predicted octanol–water partition coefficient (Wildman–Crippen LogP) is 2.79. The first-order valence-electron chi connectivity index (χ1n) is 5.11. The second-order valence-electron chi connectivity index (χ2n) is 3.40. The van der Waals surface area contributed by atoms with Crippen molar-refractivity contribution in [2.24, 2.45) is 0 Å². The van der Waals surface area contributed by atoms with E-state index in [9.17, 15) is 4.79 Å². The van der Waals surface area contributed by atoms with Crippen LogP contribution in [-0.4, -0.2) is 19.7 Å². The van der Waals surface area contributed by atoms with E-state index in [0.29, 0.717) is 23.5 Å². The Morgan fingerprint density at radius 1 is 1.38 bits per heavy atom. The molecular formula is C13H16O3. The van der Waals surface area contributed by atoms with E-state index in [1.807, 2.05) is 26.0 Å². The molecule has 0 aliphatic rings. The third kappa shape index (κ3) is 2.63. The fourth-order valence-corrected chi connectivity index (χ4v) is 1.43. The van der Waals surface area contributed by atoms with Gasteiger partial charge < -0.3 is 9.47 Å². The van der Waals surface area contributed by atoms with Gasteiger partial charge in [-0.2, -0.15) is 0 Å². The zero-order valence-corrected chi connectivity index (χ0v) is 9.87. The Morgan fingerprint density at radius 3 is 2.62 bits per heavy atom. The van der Waals surface area contributed by atoms with Crippen molar-refractivity contribution in [3.05, 3.63) is 41.5 Å². The molecule has 0 radical (unpaired) electrons. The van der Waals surface area contributed by atoms with Crippen molar-refractivity contribution in [2.45, 2.75) is 13.8 Å². The molecular weight excluding hydrogens is 204 g/mol. The maximum atomic E-state index is 11.5. The van der Waals surface area contributed by atoms with Crippen molar-refractivity contribution in [3.8, 4) is 0 Å². The summed E-state index contributed by atoms with van der Waals surface area (Å²) in [7, 11) is 1.36. The molecule has 0 fully saturated rings. The quantitative estimate of drug-likeness (QED) is 0.578. The summed E-state index contributed by atoms with van der Waals surface area (Å²) in [6.45, 7) is 8.15. The first-order valence-corrected chi connectivity index (χ1v) is 5.11. The molecule has 0 N–H and O–H groups in total. The minimum Gasteiger partial charge on any atom is -0.494 e. The van der Waals surface area contributed by atoms with E-state index in [1.54, 1.807) is 6.07 Å². The van der Waals surface area contributed by atoms with Crippen molar-refractivity contribution in [2.75, 3.05) is 13.7 Å². The van der Waals surface area contributed by atoms with Crippen LogP contribution >= 0.6 is 0 Å². The minimum absolute atomic E-state index is 0.379. The second kappa shape index (κ2) is 5.35. The Morgan fingerprint density at radius 2 is 2.06 bits per heavy atom. The van der Waals surface area contributed by atoms with E-state index in [2.05, 4.69) is 6.58 Å². The molecule has 1 aromatic carbocycles. The Labute approximate surface area is 95.7 Å². The summed E-state index contributed by atoms with van der Waals surface area (Å²) in [4.78, 5) is 11.5. The molecule has 16 heavy (non-hydrogen) atoms. The van der Waals surface area contributed by atoms with Crippen LogP contribution in [0, 0.1) is 6.92 Å². The molecule has 3 heteroatoms. The summed E-state index contributed by atoms with van der Waals surface area (Å²) in [5.41, 5.74) is 2.21. The number of methoxy groups -OCH3 is 1. The number of aryl methyl sites for hydroxylation is 1. The Kier molecular flexibility index (Phi) is 4.11. The van der Waals surface area contributed by atoms with Crippen LogP contribution in [-0.2, 0) is 9.47 Å². The summed E-state index contributed by atoms with van der Waals surface area (Å²) in [6.07, 6.45) is 0. The van der Waals surface area contributed by atoms with Gasteiger partial charge in [0.25, 0.3) is 0 Å². The Bertz CT molecular complexity index is 408. The number of carbonyl (C=O) groups is 1. The van der Waals surface area contributed by atoms with Crippen LogP contribution in [0.25, 0.3) is 5.76 Å². The van der Waals surface area contributed by atoms with E-state index in [-0.39, 0.29) is 5.97 Å². The van der Waals surface area contributed by atoms with Gasteiger partial charge in [-0.1, -0.05) is 18.2 Å². The largest absolute Gasteiger partial charge is 0.494 e. The molecule has 0 saturated heterocycles. The Hall–Kier alpha value is -1.77. The van der Waals surface area contributed by atoms with Crippen LogP contribution in [0.2, 0.25) is 0 Å². The zero-order valence-electron chi connectivity index (χ0n) is 9.87. The van der Waals surface area contributed by atoms with E-state index >= 15 is 0 Å². The molecule has 0 spiro atoms. The van der Waals surface area contributed by atoms with Crippen LogP contribution in [0.4, 0.5) is 0 Å². The van der Waals surface area contributed by atoms with Crippen molar-refractivity contribution in [1.82, 2.24) is 0 Å². The molecule has 1 aromatic rings. The van der Waals surface area contributed by atoms with Crippen molar-refractivity contribution in [1.29, 1.82) is 0 Å². The van der Waals surface area contributed by atoms with Crippen molar-refractivity contribution >= 4 is 11.7 Å². The molecule has 0 saturated carbocycles. The standard InChI is InChI=1S/C13H16O3/c1-5-16-10(3)12-8-9(2)6-7-11(12)13(14)15-4/h6-8H,3,5H2,1-2,4H3. The summed E-state index contributed by atoms with van der Waals surface area (Å²) >= 11 is 0.